The van der Waals surface area contributed by atoms with Crippen molar-refractivity contribution in [2.75, 3.05) is 7.11 Å². The van der Waals surface area contributed by atoms with E-state index in [-0.39, 0.29) is 17.2 Å². The first kappa shape index (κ1) is 17.5. The molecule has 0 radical (unpaired) electrons. The fourth-order valence-electron chi connectivity index (χ4n) is 2.31. The Morgan fingerprint density at radius 3 is 2.84 bits per heavy atom. The van der Waals surface area contributed by atoms with Gasteiger partial charge >= 0.3 is 0 Å². The lowest BCUT2D eigenvalue weighted by Gasteiger charge is -2.12. The Bertz CT molecular complexity index is 951. The third-order valence-corrected chi connectivity index (χ3v) is 5.86. The largest absolute Gasteiger partial charge is 0.495 e. The van der Waals surface area contributed by atoms with Gasteiger partial charge in [-0.3, -0.25) is 0 Å². The van der Waals surface area contributed by atoms with Gasteiger partial charge in [0, 0.05) is 23.5 Å². The summed E-state index contributed by atoms with van der Waals surface area (Å²) in [6, 6.07) is 8.60. The van der Waals surface area contributed by atoms with Crippen LogP contribution in [0.15, 0.2) is 40.6 Å². The lowest BCUT2D eigenvalue weighted by Crippen LogP contribution is -2.23. The molecule has 0 fully saturated rings. The molecule has 0 aliphatic heterocycles. The average Bonchev–Trinajstić information content (AvgIpc) is 3.30. The molecule has 3 aromatic rings. The molecular formula is C15H17N5O3S2. The maximum Gasteiger partial charge on any atom is 0.244 e. The van der Waals surface area contributed by atoms with Gasteiger partial charge in [0.1, 0.15) is 10.6 Å². The number of thiophene rings is 1. The van der Waals surface area contributed by atoms with Crippen LogP contribution in [-0.4, -0.2) is 35.7 Å². The SMILES string of the molecule is CCn1nnnc1-c1ccc(OC)c(S(=O)(=O)NCc2cccs2)c1. The van der Waals surface area contributed by atoms with Crippen LogP contribution >= 0.6 is 11.3 Å². The van der Waals surface area contributed by atoms with Gasteiger partial charge in [0.15, 0.2) is 5.82 Å². The molecule has 1 N–H and O–H groups in total. The molecule has 0 saturated carbocycles. The smallest absolute Gasteiger partial charge is 0.244 e. The summed E-state index contributed by atoms with van der Waals surface area (Å²) in [7, 11) is -2.32. The molecule has 0 saturated heterocycles. The maximum absolute atomic E-state index is 12.7. The van der Waals surface area contributed by atoms with Gasteiger partial charge in [-0.25, -0.2) is 17.8 Å². The van der Waals surface area contributed by atoms with Crippen LogP contribution < -0.4 is 9.46 Å². The zero-order valence-corrected chi connectivity index (χ0v) is 15.3. The van der Waals surface area contributed by atoms with Crippen LogP contribution in [0.5, 0.6) is 5.75 Å². The first-order chi connectivity index (χ1) is 12.0. The topological polar surface area (TPSA) is 99.0 Å². The number of aryl methyl sites for hydroxylation is 1. The number of sulfonamides is 1. The average molecular weight is 379 g/mol. The molecule has 0 aliphatic rings. The Morgan fingerprint density at radius 2 is 2.16 bits per heavy atom. The van der Waals surface area contributed by atoms with E-state index in [0.717, 1.165) is 4.88 Å². The minimum atomic E-state index is -3.76. The van der Waals surface area contributed by atoms with E-state index in [1.165, 1.54) is 24.5 Å². The highest BCUT2D eigenvalue weighted by Gasteiger charge is 2.21. The van der Waals surface area contributed by atoms with Crippen molar-refractivity contribution in [2.45, 2.75) is 24.9 Å². The van der Waals surface area contributed by atoms with E-state index >= 15 is 0 Å². The predicted molar refractivity (Wildman–Crippen MR) is 93.8 cm³/mol. The summed E-state index contributed by atoms with van der Waals surface area (Å²) in [5.74, 6) is 0.762. The summed E-state index contributed by atoms with van der Waals surface area (Å²) in [6.45, 7) is 2.71. The van der Waals surface area contributed by atoms with Gasteiger partial charge in [0.05, 0.1) is 7.11 Å². The number of tetrazole rings is 1. The van der Waals surface area contributed by atoms with Gasteiger partial charge in [-0.05, 0) is 47.0 Å². The number of rotatable bonds is 7. The van der Waals surface area contributed by atoms with E-state index in [0.29, 0.717) is 17.9 Å². The molecule has 3 rings (SSSR count). The van der Waals surface area contributed by atoms with E-state index in [1.807, 2.05) is 24.4 Å². The number of hydrogen-bond donors (Lipinski definition) is 1. The van der Waals surface area contributed by atoms with Crippen molar-refractivity contribution < 1.29 is 13.2 Å². The quantitative estimate of drug-likeness (QED) is 0.673. The number of methoxy groups -OCH3 is 1. The van der Waals surface area contributed by atoms with Crippen molar-refractivity contribution in [3.05, 3.63) is 40.6 Å². The van der Waals surface area contributed by atoms with Crippen molar-refractivity contribution in [1.82, 2.24) is 24.9 Å². The van der Waals surface area contributed by atoms with Crippen molar-refractivity contribution >= 4 is 21.4 Å². The van der Waals surface area contributed by atoms with E-state index in [1.54, 1.807) is 16.8 Å². The number of aromatic nitrogens is 4. The van der Waals surface area contributed by atoms with Gasteiger partial charge in [-0.15, -0.1) is 16.4 Å². The van der Waals surface area contributed by atoms with E-state index < -0.39 is 10.0 Å². The molecule has 132 valence electrons. The van der Waals surface area contributed by atoms with Crippen molar-refractivity contribution in [2.24, 2.45) is 0 Å². The fourth-order valence-corrected chi connectivity index (χ4v) is 4.24. The summed E-state index contributed by atoms with van der Waals surface area (Å²) in [6.07, 6.45) is 0. The Balaban J connectivity index is 1.97. The summed E-state index contributed by atoms with van der Waals surface area (Å²) in [4.78, 5) is 0.975. The molecule has 0 amide bonds. The molecule has 0 spiro atoms. The standard InChI is InChI=1S/C15H17N5O3S2/c1-3-20-15(17-18-19-20)11-6-7-13(23-2)14(9-11)25(21,22)16-10-12-5-4-8-24-12/h4-9,16H,3,10H2,1-2H3. The number of benzene rings is 1. The molecule has 0 aliphatic carbocycles. The molecule has 0 atom stereocenters. The van der Waals surface area contributed by atoms with Crippen LogP contribution in [0.4, 0.5) is 0 Å². The predicted octanol–water partition coefficient (Wildman–Crippen LogP) is 1.91. The third-order valence-electron chi connectivity index (χ3n) is 3.56. The molecule has 0 unspecified atom stereocenters. The van der Waals surface area contributed by atoms with Crippen molar-refractivity contribution in [3.8, 4) is 17.1 Å². The normalized spacial score (nSPS) is 11.6. The second-order valence-electron chi connectivity index (χ2n) is 5.09. The van der Waals surface area contributed by atoms with Gasteiger partial charge in [-0.2, -0.15) is 0 Å². The Labute approximate surface area is 149 Å². The fraction of sp³-hybridized carbons (Fsp3) is 0.267. The lowest BCUT2D eigenvalue weighted by atomic mass is 10.2. The molecule has 1 aromatic carbocycles. The first-order valence-corrected chi connectivity index (χ1v) is 9.88. The molecule has 2 aromatic heterocycles. The van der Waals surface area contributed by atoms with Gasteiger partial charge < -0.3 is 4.74 Å². The Morgan fingerprint density at radius 1 is 1.32 bits per heavy atom. The number of nitrogens with zero attached hydrogens (tertiary/aromatic N) is 4. The van der Waals surface area contributed by atoms with Crippen LogP contribution in [0.1, 0.15) is 11.8 Å². The summed E-state index contributed by atoms with van der Waals surface area (Å²) < 4.78 is 34.9. The van der Waals surface area contributed by atoms with Crippen molar-refractivity contribution in [1.29, 1.82) is 0 Å². The highest BCUT2D eigenvalue weighted by atomic mass is 32.2. The van der Waals surface area contributed by atoms with E-state index in [4.69, 9.17) is 4.74 Å². The molecule has 10 heteroatoms. The van der Waals surface area contributed by atoms with Crippen molar-refractivity contribution in [3.63, 3.8) is 0 Å². The monoisotopic (exact) mass is 379 g/mol. The molecule has 0 bridgehead atoms. The van der Waals surface area contributed by atoms with Gasteiger partial charge in [0.2, 0.25) is 10.0 Å². The maximum atomic E-state index is 12.7. The number of hydrogen-bond acceptors (Lipinski definition) is 7. The zero-order chi connectivity index (χ0) is 17.9. The van der Waals surface area contributed by atoms with Gasteiger partial charge in [0.25, 0.3) is 0 Å². The van der Waals surface area contributed by atoms with E-state index in [9.17, 15) is 8.42 Å². The molecule has 2 heterocycles. The Hall–Kier alpha value is -2.30. The third kappa shape index (κ3) is 3.70. The highest BCUT2D eigenvalue weighted by Crippen LogP contribution is 2.29. The Kier molecular flexibility index (Phi) is 5.11. The second kappa shape index (κ2) is 7.30. The highest BCUT2D eigenvalue weighted by molar-refractivity contribution is 7.89. The van der Waals surface area contributed by atoms with Crippen LogP contribution in [0.3, 0.4) is 0 Å². The number of ether oxygens (including phenoxy) is 1. The molecule has 8 nitrogen and oxygen atoms in total. The number of nitrogens with one attached hydrogen (secondary N) is 1. The summed E-state index contributed by atoms with van der Waals surface area (Å²) >= 11 is 1.49. The molecular weight excluding hydrogens is 362 g/mol. The summed E-state index contributed by atoms with van der Waals surface area (Å²) in [5.41, 5.74) is 0.601. The second-order valence-corrected chi connectivity index (χ2v) is 7.86. The van der Waals surface area contributed by atoms with Crippen LogP contribution in [0.2, 0.25) is 0 Å². The molecule has 25 heavy (non-hydrogen) atoms. The van der Waals surface area contributed by atoms with Crippen LogP contribution in [0, 0.1) is 0 Å². The minimum absolute atomic E-state index is 0.0507. The summed E-state index contributed by atoms with van der Waals surface area (Å²) in [5, 5.41) is 13.4. The van der Waals surface area contributed by atoms with Crippen LogP contribution in [0.25, 0.3) is 11.4 Å². The zero-order valence-electron chi connectivity index (χ0n) is 13.7. The van der Waals surface area contributed by atoms with Crippen LogP contribution in [-0.2, 0) is 23.1 Å². The van der Waals surface area contributed by atoms with Gasteiger partial charge in [-0.1, -0.05) is 6.07 Å². The van der Waals surface area contributed by atoms with E-state index in [2.05, 4.69) is 20.2 Å². The minimum Gasteiger partial charge on any atom is -0.495 e. The lowest BCUT2D eigenvalue weighted by molar-refractivity contribution is 0.402. The first-order valence-electron chi connectivity index (χ1n) is 7.51.